The van der Waals surface area contributed by atoms with Crippen LogP contribution in [0.15, 0.2) is 11.6 Å². The maximum absolute atomic E-state index is 10.3. The Morgan fingerprint density at radius 1 is 1.86 bits per heavy atom. The second-order valence-corrected chi connectivity index (χ2v) is 1.50. The molecule has 1 heterocycles. The average Bonchev–Trinajstić information content (AvgIpc) is 1.65. The second-order valence-electron chi connectivity index (χ2n) is 1.50. The number of allylic oxidation sites excluding steroid dienone is 1. The molecule has 2 nitrogen and oxygen atoms in total. The summed E-state index contributed by atoms with van der Waals surface area (Å²) in [6.45, 7) is 2.63. The predicted molar refractivity (Wildman–Crippen MR) is 26.8 cm³/mol. The van der Waals surface area contributed by atoms with Crippen molar-refractivity contribution < 1.29 is 4.79 Å². The number of hydrogen-bond donors (Lipinski definition) is 1. The first-order valence-corrected chi connectivity index (χ1v) is 2.28. The van der Waals surface area contributed by atoms with E-state index in [4.69, 9.17) is 0 Å². The molecule has 7 heavy (non-hydrogen) atoms. The Morgan fingerprint density at radius 2 is 2.57 bits per heavy atom. The third-order valence-electron chi connectivity index (χ3n) is 1.08. The maximum atomic E-state index is 10.3. The first-order chi connectivity index (χ1) is 3.34. The minimum atomic E-state index is 0.0856. The molecule has 0 aromatic heterocycles. The summed E-state index contributed by atoms with van der Waals surface area (Å²) in [5.41, 5.74) is 0.903. The molecule has 0 bridgehead atoms. The van der Waals surface area contributed by atoms with Crippen LogP contribution in [0.25, 0.3) is 0 Å². The van der Waals surface area contributed by atoms with Gasteiger partial charge in [0.05, 0.1) is 0 Å². The van der Waals surface area contributed by atoms with Crippen LogP contribution >= 0.6 is 0 Å². The molecule has 1 aliphatic rings. The predicted octanol–water partition coefficient (Wildman–Crippen LogP) is 0.0625. The molecule has 0 aliphatic carbocycles. The fourth-order valence-electron chi connectivity index (χ4n) is 0.496. The van der Waals surface area contributed by atoms with Crippen molar-refractivity contribution in [3.63, 3.8) is 0 Å². The van der Waals surface area contributed by atoms with Crippen LogP contribution in [0.1, 0.15) is 6.92 Å². The Kier molecular flexibility index (Phi) is 0.855. The highest BCUT2D eigenvalue weighted by atomic mass is 16.2. The summed E-state index contributed by atoms with van der Waals surface area (Å²) in [5, 5.41) is 2.60. The van der Waals surface area contributed by atoms with Crippen molar-refractivity contribution in [2.45, 2.75) is 6.92 Å². The van der Waals surface area contributed by atoms with Gasteiger partial charge in [0.1, 0.15) is 0 Å². The standard InChI is InChI=1S/C5H7NO/c1-2-4-3-6-5(4)7/h2H,3H2,1H3,(H,6,7)/b4-2-. The highest BCUT2D eigenvalue weighted by Gasteiger charge is 2.16. The SMILES string of the molecule is C/C=C1/CNC1=O. The van der Waals surface area contributed by atoms with E-state index in [0.717, 1.165) is 12.1 Å². The van der Waals surface area contributed by atoms with Gasteiger partial charge in [-0.2, -0.15) is 0 Å². The number of hydrogen-bond acceptors (Lipinski definition) is 1. The van der Waals surface area contributed by atoms with E-state index in [0.29, 0.717) is 0 Å². The van der Waals surface area contributed by atoms with Crippen LogP contribution in [0, 0.1) is 0 Å². The Bertz CT molecular complexity index is 126. The van der Waals surface area contributed by atoms with Gasteiger partial charge in [-0.1, -0.05) is 6.08 Å². The van der Waals surface area contributed by atoms with E-state index >= 15 is 0 Å². The van der Waals surface area contributed by atoms with Gasteiger partial charge in [-0.05, 0) is 6.92 Å². The first-order valence-electron chi connectivity index (χ1n) is 2.28. The smallest absolute Gasteiger partial charge is 0.248 e. The summed E-state index contributed by atoms with van der Waals surface area (Å²) in [6, 6.07) is 0. The molecule has 38 valence electrons. The van der Waals surface area contributed by atoms with E-state index in [9.17, 15) is 4.79 Å². The van der Waals surface area contributed by atoms with Crippen molar-refractivity contribution in [2.24, 2.45) is 0 Å². The van der Waals surface area contributed by atoms with E-state index in [1.807, 2.05) is 13.0 Å². The van der Waals surface area contributed by atoms with E-state index in [1.165, 1.54) is 0 Å². The summed E-state index contributed by atoms with van der Waals surface area (Å²) in [7, 11) is 0. The molecular formula is C5H7NO. The Hall–Kier alpha value is -0.790. The van der Waals surface area contributed by atoms with Crippen LogP contribution in [-0.2, 0) is 4.79 Å². The van der Waals surface area contributed by atoms with E-state index in [-0.39, 0.29) is 5.91 Å². The van der Waals surface area contributed by atoms with Gasteiger partial charge in [-0.25, -0.2) is 0 Å². The van der Waals surface area contributed by atoms with Crippen molar-refractivity contribution in [2.75, 3.05) is 6.54 Å². The molecule has 0 atom stereocenters. The lowest BCUT2D eigenvalue weighted by Gasteiger charge is -2.16. The van der Waals surface area contributed by atoms with Gasteiger partial charge in [0, 0.05) is 12.1 Å². The molecule has 0 saturated carbocycles. The quantitative estimate of drug-likeness (QED) is 0.336. The van der Waals surface area contributed by atoms with Gasteiger partial charge < -0.3 is 5.32 Å². The number of β-lactam (4-membered cyclic amide) rings is 1. The topological polar surface area (TPSA) is 29.1 Å². The van der Waals surface area contributed by atoms with Crippen molar-refractivity contribution in [3.8, 4) is 0 Å². The zero-order chi connectivity index (χ0) is 5.28. The molecule has 0 radical (unpaired) electrons. The van der Waals surface area contributed by atoms with Crippen LogP contribution in [0.4, 0.5) is 0 Å². The third-order valence-corrected chi connectivity index (χ3v) is 1.08. The summed E-state index contributed by atoms with van der Waals surface area (Å²) in [6.07, 6.45) is 1.83. The Morgan fingerprint density at radius 3 is 2.57 bits per heavy atom. The first kappa shape index (κ1) is 4.37. The van der Waals surface area contributed by atoms with Crippen molar-refractivity contribution in [1.82, 2.24) is 5.32 Å². The molecule has 1 N–H and O–H groups in total. The minimum absolute atomic E-state index is 0.0856. The van der Waals surface area contributed by atoms with E-state index in [2.05, 4.69) is 5.32 Å². The van der Waals surface area contributed by atoms with Gasteiger partial charge in [0.2, 0.25) is 5.91 Å². The van der Waals surface area contributed by atoms with Crippen molar-refractivity contribution >= 4 is 5.91 Å². The number of carbonyl (C=O) groups excluding carboxylic acids is 1. The normalized spacial score (nSPS) is 24.1. The molecule has 1 rings (SSSR count). The number of rotatable bonds is 0. The van der Waals surface area contributed by atoms with Crippen LogP contribution in [0.3, 0.4) is 0 Å². The highest BCUT2D eigenvalue weighted by molar-refractivity contribution is 5.99. The van der Waals surface area contributed by atoms with Crippen molar-refractivity contribution in [3.05, 3.63) is 11.6 Å². The van der Waals surface area contributed by atoms with Gasteiger partial charge >= 0.3 is 0 Å². The third kappa shape index (κ3) is 0.515. The molecular weight excluding hydrogens is 90.1 g/mol. The maximum Gasteiger partial charge on any atom is 0.248 e. The van der Waals surface area contributed by atoms with Crippen molar-refractivity contribution in [1.29, 1.82) is 0 Å². The second kappa shape index (κ2) is 1.37. The molecule has 1 aliphatic heterocycles. The fourth-order valence-corrected chi connectivity index (χ4v) is 0.496. The number of amides is 1. The van der Waals surface area contributed by atoms with E-state index in [1.54, 1.807) is 0 Å². The zero-order valence-electron chi connectivity index (χ0n) is 4.19. The average molecular weight is 97.1 g/mol. The molecule has 1 saturated heterocycles. The molecule has 1 fully saturated rings. The van der Waals surface area contributed by atoms with E-state index < -0.39 is 0 Å². The Balaban J connectivity index is 2.61. The minimum Gasteiger partial charge on any atom is -0.348 e. The zero-order valence-corrected chi connectivity index (χ0v) is 4.19. The number of carbonyl (C=O) groups is 1. The molecule has 0 aromatic rings. The highest BCUT2D eigenvalue weighted by Crippen LogP contribution is 2.00. The lowest BCUT2D eigenvalue weighted by atomic mass is 10.1. The van der Waals surface area contributed by atoms with Gasteiger partial charge in [-0.3, -0.25) is 4.79 Å². The molecule has 1 amide bonds. The largest absolute Gasteiger partial charge is 0.348 e. The van der Waals surface area contributed by atoms with Gasteiger partial charge in [-0.15, -0.1) is 0 Å². The summed E-state index contributed by atoms with van der Waals surface area (Å²) in [5.74, 6) is 0.0856. The molecule has 2 heteroatoms. The molecule has 0 aromatic carbocycles. The Labute approximate surface area is 42.2 Å². The van der Waals surface area contributed by atoms with Gasteiger partial charge in [0.25, 0.3) is 0 Å². The lowest BCUT2D eigenvalue weighted by Crippen LogP contribution is -2.40. The molecule has 0 spiro atoms. The van der Waals surface area contributed by atoms with Crippen LogP contribution in [0.2, 0.25) is 0 Å². The van der Waals surface area contributed by atoms with Gasteiger partial charge in [0.15, 0.2) is 0 Å². The van der Waals surface area contributed by atoms with Crippen LogP contribution < -0.4 is 5.32 Å². The monoisotopic (exact) mass is 97.1 g/mol. The number of nitrogens with one attached hydrogen (secondary N) is 1. The summed E-state index contributed by atoms with van der Waals surface area (Å²) in [4.78, 5) is 10.3. The lowest BCUT2D eigenvalue weighted by molar-refractivity contribution is -0.120. The summed E-state index contributed by atoms with van der Waals surface area (Å²) < 4.78 is 0. The van der Waals surface area contributed by atoms with Crippen LogP contribution in [-0.4, -0.2) is 12.5 Å². The fraction of sp³-hybridized carbons (Fsp3) is 0.400. The molecule has 0 unspecified atom stereocenters. The van der Waals surface area contributed by atoms with Crippen LogP contribution in [0.5, 0.6) is 0 Å². The summed E-state index contributed by atoms with van der Waals surface area (Å²) >= 11 is 0.